The molecule has 3 heteroatoms. The summed E-state index contributed by atoms with van der Waals surface area (Å²) in [5.41, 5.74) is 3.19. The topological polar surface area (TPSA) is 47.3 Å². The second-order valence-corrected chi connectivity index (χ2v) is 7.61. The largest absolute Gasteiger partial charge is 0.376 e. The van der Waals surface area contributed by atoms with Crippen LogP contribution < -0.4 is 11.3 Å². The number of hydrogen-bond donors (Lipinski definition) is 2. The molecular formula is C16H34N2O. The van der Waals surface area contributed by atoms with Crippen LogP contribution in [-0.2, 0) is 4.74 Å². The minimum atomic E-state index is 0.108. The normalized spacial score (nSPS) is 32.1. The molecule has 4 atom stereocenters. The zero-order valence-electron chi connectivity index (χ0n) is 13.7. The van der Waals surface area contributed by atoms with E-state index in [2.05, 4.69) is 47.0 Å². The van der Waals surface area contributed by atoms with Gasteiger partial charge in [0.25, 0.3) is 0 Å². The SMILES string of the molecule is CCOC(C(NN)C1CC(C)CC(C)C1)C(C)(C)C. The number of ether oxygens (including phenoxy) is 1. The predicted molar refractivity (Wildman–Crippen MR) is 81.6 cm³/mol. The Kier molecular flexibility index (Phi) is 6.28. The number of nitrogens with one attached hydrogen (secondary N) is 1. The van der Waals surface area contributed by atoms with Gasteiger partial charge in [-0.25, -0.2) is 0 Å². The van der Waals surface area contributed by atoms with Gasteiger partial charge in [-0.05, 0) is 49.4 Å². The molecule has 3 nitrogen and oxygen atoms in total. The van der Waals surface area contributed by atoms with E-state index in [-0.39, 0.29) is 17.6 Å². The quantitative estimate of drug-likeness (QED) is 0.595. The first-order valence-electron chi connectivity index (χ1n) is 7.87. The van der Waals surface area contributed by atoms with Crippen LogP contribution in [0.2, 0.25) is 0 Å². The monoisotopic (exact) mass is 270 g/mol. The van der Waals surface area contributed by atoms with Crippen molar-refractivity contribution < 1.29 is 4.74 Å². The summed E-state index contributed by atoms with van der Waals surface area (Å²) in [6.07, 6.45) is 4.05. The number of rotatable bonds is 5. The summed E-state index contributed by atoms with van der Waals surface area (Å²) in [6, 6.07) is 0.255. The first-order valence-corrected chi connectivity index (χ1v) is 7.87. The average Bonchev–Trinajstić information content (AvgIpc) is 2.26. The van der Waals surface area contributed by atoms with E-state index in [9.17, 15) is 0 Å². The zero-order chi connectivity index (χ0) is 14.6. The lowest BCUT2D eigenvalue weighted by atomic mass is 9.70. The lowest BCUT2D eigenvalue weighted by Gasteiger charge is -2.43. The molecule has 0 aromatic carbocycles. The molecule has 1 fully saturated rings. The molecule has 0 heterocycles. The maximum Gasteiger partial charge on any atom is 0.0792 e. The highest BCUT2D eigenvalue weighted by atomic mass is 16.5. The van der Waals surface area contributed by atoms with Crippen LogP contribution in [0.3, 0.4) is 0 Å². The molecule has 4 unspecified atom stereocenters. The summed E-state index contributed by atoms with van der Waals surface area (Å²) < 4.78 is 6.04. The fraction of sp³-hybridized carbons (Fsp3) is 1.00. The van der Waals surface area contributed by atoms with Gasteiger partial charge >= 0.3 is 0 Å². The Morgan fingerprint density at radius 2 is 1.68 bits per heavy atom. The Labute approximate surface area is 119 Å². The van der Waals surface area contributed by atoms with Gasteiger partial charge in [0.2, 0.25) is 0 Å². The smallest absolute Gasteiger partial charge is 0.0792 e. The molecule has 1 saturated carbocycles. The van der Waals surface area contributed by atoms with E-state index in [0.717, 1.165) is 18.4 Å². The zero-order valence-corrected chi connectivity index (χ0v) is 13.7. The van der Waals surface area contributed by atoms with Crippen molar-refractivity contribution in [2.24, 2.45) is 29.0 Å². The molecule has 3 N–H and O–H groups in total. The third kappa shape index (κ3) is 4.73. The Hall–Kier alpha value is -0.120. The van der Waals surface area contributed by atoms with E-state index in [1.54, 1.807) is 0 Å². The van der Waals surface area contributed by atoms with E-state index in [4.69, 9.17) is 10.6 Å². The third-order valence-electron chi connectivity index (χ3n) is 4.44. The highest BCUT2D eigenvalue weighted by Crippen LogP contribution is 2.38. The van der Waals surface area contributed by atoms with E-state index in [1.165, 1.54) is 19.3 Å². The molecule has 0 aromatic heterocycles. The molecule has 0 bridgehead atoms. The maximum atomic E-state index is 6.04. The van der Waals surface area contributed by atoms with Gasteiger partial charge in [-0.3, -0.25) is 11.3 Å². The summed E-state index contributed by atoms with van der Waals surface area (Å²) in [5.74, 6) is 8.11. The standard InChI is InChI=1S/C16H34N2O/c1-7-19-15(16(4,5)6)14(18-17)13-9-11(2)8-12(3)10-13/h11-15,18H,7-10,17H2,1-6H3. The Bertz CT molecular complexity index is 252. The van der Waals surface area contributed by atoms with Crippen molar-refractivity contribution in [1.82, 2.24) is 5.43 Å². The molecule has 1 aliphatic carbocycles. The molecule has 0 saturated heterocycles. The summed E-state index contributed by atoms with van der Waals surface area (Å²) in [7, 11) is 0. The predicted octanol–water partition coefficient (Wildman–Crippen LogP) is 3.34. The first kappa shape index (κ1) is 16.9. The molecule has 0 aliphatic heterocycles. The fourth-order valence-electron chi connectivity index (χ4n) is 3.85. The Balaban J connectivity index is 2.83. The van der Waals surface area contributed by atoms with Crippen molar-refractivity contribution in [1.29, 1.82) is 0 Å². The van der Waals surface area contributed by atoms with Gasteiger partial charge in [0.1, 0.15) is 0 Å². The van der Waals surface area contributed by atoms with Crippen LogP contribution in [0, 0.1) is 23.2 Å². The van der Waals surface area contributed by atoms with Crippen molar-refractivity contribution in [2.45, 2.75) is 73.0 Å². The molecule has 0 radical (unpaired) electrons. The van der Waals surface area contributed by atoms with Crippen LogP contribution in [0.25, 0.3) is 0 Å². The van der Waals surface area contributed by atoms with E-state index < -0.39 is 0 Å². The van der Waals surface area contributed by atoms with Gasteiger partial charge in [-0.2, -0.15) is 0 Å². The highest BCUT2D eigenvalue weighted by molar-refractivity contribution is 4.92. The molecule has 1 aliphatic rings. The van der Waals surface area contributed by atoms with Crippen molar-refractivity contribution in [3.63, 3.8) is 0 Å². The molecule has 114 valence electrons. The van der Waals surface area contributed by atoms with Crippen LogP contribution >= 0.6 is 0 Å². The summed E-state index contributed by atoms with van der Waals surface area (Å²) in [6.45, 7) is 14.3. The van der Waals surface area contributed by atoms with Crippen LogP contribution in [0.1, 0.15) is 60.8 Å². The van der Waals surface area contributed by atoms with E-state index in [1.807, 2.05) is 0 Å². The maximum absolute atomic E-state index is 6.04. The Morgan fingerprint density at radius 1 is 1.16 bits per heavy atom. The van der Waals surface area contributed by atoms with E-state index in [0.29, 0.717) is 5.92 Å². The van der Waals surface area contributed by atoms with Crippen LogP contribution in [-0.4, -0.2) is 18.8 Å². The van der Waals surface area contributed by atoms with Crippen LogP contribution in [0.5, 0.6) is 0 Å². The molecule has 0 spiro atoms. The summed E-state index contributed by atoms with van der Waals surface area (Å²) in [4.78, 5) is 0. The highest BCUT2D eigenvalue weighted by Gasteiger charge is 2.39. The number of nitrogens with two attached hydrogens (primary N) is 1. The van der Waals surface area contributed by atoms with Gasteiger partial charge in [0, 0.05) is 6.61 Å². The van der Waals surface area contributed by atoms with Crippen LogP contribution in [0.15, 0.2) is 0 Å². The fourth-order valence-corrected chi connectivity index (χ4v) is 3.85. The van der Waals surface area contributed by atoms with Gasteiger partial charge in [-0.15, -0.1) is 0 Å². The first-order chi connectivity index (χ1) is 8.79. The van der Waals surface area contributed by atoms with Crippen molar-refractivity contribution in [3.05, 3.63) is 0 Å². The van der Waals surface area contributed by atoms with Crippen molar-refractivity contribution in [3.8, 4) is 0 Å². The molecular weight excluding hydrogens is 236 g/mol. The van der Waals surface area contributed by atoms with Crippen LogP contribution in [0.4, 0.5) is 0 Å². The second-order valence-electron chi connectivity index (χ2n) is 7.61. The summed E-state index contributed by atoms with van der Waals surface area (Å²) in [5, 5.41) is 0. The van der Waals surface area contributed by atoms with Crippen molar-refractivity contribution >= 4 is 0 Å². The Morgan fingerprint density at radius 3 is 2.05 bits per heavy atom. The van der Waals surface area contributed by atoms with Gasteiger partial charge in [-0.1, -0.05) is 34.6 Å². The van der Waals surface area contributed by atoms with E-state index >= 15 is 0 Å². The average molecular weight is 270 g/mol. The van der Waals surface area contributed by atoms with Crippen molar-refractivity contribution in [2.75, 3.05) is 6.61 Å². The molecule has 19 heavy (non-hydrogen) atoms. The summed E-state index contributed by atoms with van der Waals surface area (Å²) >= 11 is 0. The minimum Gasteiger partial charge on any atom is -0.376 e. The lowest BCUT2D eigenvalue weighted by molar-refractivity contribution is -0.0571. The number of hydrazine groups is 1. The molecule has 1 rings (SSSR count). The second kappa shape index (κ2) is 7.05. The van der Waals surface area contributed by atoms with Gasteiger partial charge in [0.05, 0.1) is 12.1 Å². The lowest BCUT2D eigenvalue weighted by Crippen LogP contribution is -2.55. The van der Waals surface area contributed by atoms with Gasteiger partial charge < -0.3 is 4.74 Å². The van der Waals surface area contributed by atoms with Gasteiger partial charge in [0.15, 0.2) is 0 Å². The molecule has 0 aromatic rings. The third-order valence-corrected chi connectivity index (χ3v) is 4.44. The minimum absolute atomic E-state index is 0.108. The molecule has 0 amide bonds. The number of hydrogen-bond acceptors (Lipinski definition) is 3.